The fourth-order valence-corrected chi connectivity index (χ4v) is 0.780. The molecule has 1 rings (SSSR count). The van der Waals surface area contributed by atoms with Gasteiger partial charge in [0, 0.05) is 18.5 Å². The van der Waals surface area contributed by atoms with Gasteiger partial charge in [0.1, 0.15) is 0 Å². The van der Waals surface area contributed by atoms with Crippen LogP contribution in [0.15, 0.2) is 10.1 Å². The fourth-order valence-electron chi connectivity index (χ4n) is 0.780. The maximum atomic E-state index is 7.93. The Labute approximate surface area is 64.1 Å². The van der Waals surface area contributed by atoms with Crippen LogP contribution in [-0.4, -0.2) is 37.8 Å². The Kier molecular flexibility index (Phi) is 2.57. The Hall–Kier alpha value is -1.42. The number of ether oxygens (including phenoxy) is 1. The van der Waals surface area contributed by atoms with Crippen molar-refractivity contribution in [2.24, 2.45) is 10.1 Å². The first-order valence-corrected chi connectivity index (χ1v) is 3.24. The molecule has 0 amide bonds. The third-order valence-electron chi connectivity index (χ3n) is 1.32. The second-order valence-electron chi connectivity index (χ2n) is 2.09. The zero-order chi connectivity index (χ0) is 8.10. The van der Waals surface area contributed by atoms with E-state index in [0.717, 1.165) is 13.1 Å². The van der Waals surface area contributed by atoms with Crippen LogP contribution in [0.3, 0.4) is 0 Å². The van der Waals surface area contributed by atoms with E-state index in [1.54, 1.807) is 0 Å². The molecule has 0 fully saturated rings. The van der Waals surface area contributed by atoms with E-state index in [1.807, 2.05) is 11.9 Å². The van der Waals surface area contributed by atoms with E-state index in [-0.39, 0.29) is 6.73 Å². The number of rotatable bonds is 2. The summed E-state index contributed by atoms with van der Waals surface area (Å²) in [7, 11) is 1.88. The second kappa shape index (κ2) is 3.68. The molecule has 0 aromatic rings. The lowest BCUT2D eigenvalue weighted by Crippen LogP contribution is -2.24. The van der Waals surface area contributed by atoms with Crippen LogP contribution in [0, 0.1) is 0 Å². The number of hydrogen-bond donors (Lipinski definition) is 0. The molecule has 6 nitrogen and oxygen atoms in total. The Morgan fingerprint density at radius 3 is 3.27 bits per heavy atom. The van der Waals surface area contributed by atoms with Gasteiger partial charge in [0.25, 0.3) is 6.02 Å². The number of amidine groups is 1. The van der Waals surface area contributed by atoms with Crippen molar-refractivity contribution >= 4 is 6.02 Å². The molecule has 0 saturated heterocycles. The van der Waals surface area contributed by atoms with Crippen LogP contribution in [0.5, 0.6) is 0 Å². The summed E-state index contributed by atoms with van der Waals surface area (Å²) in [6.07, 6.45) is 0. The van der Waals surface area contributed by atoms with E-state index in [0.29, 0.717) is 6.02 Å². The summed E-state index contributed by atoms with van der Waals surface area (Å²) < 4.78 is 5.01. The summed E-state index contributed by atoms with van der Waals surface area (Å²) in [5.41, 5.74) is 7.93. The summed E-state index contributed by atoms with van der Waals surface area (Å²) in [5, 5.41) is 3.22. The minimum atomic E-state index is 0.0136. The van der Waals surface area contributed by atoms with Crippen LogP contribution in [0.25, 0.3) is 10.4 Å². The summed E-state index contributed by atoms with van der Waals surface area (Å²) in [4.78, 5) is 8.44. The van der Waals surface area contributed by atoms with Crippen molar-refractivity contribution in [3.05, 3.63) is 10.4 Å². The molecule has 0 saturated carbocycles. The first kappa shape index (κ1) is 7.68. The van der Waals surface area contributed by atoms with Crippen molar-refractivity contribution in [3.8, 4) is 0 Å². The molecule has 0 atom stereocenters. The van der Waals surface area contributed by atoms with Gasteiger partial charge in [-0.25, -0.2) is 4.99 Å². The zero-order valence-electron chi connectivity index (χ0n) is 6.27. The monoisotopic (exact) mass is 155 g/mol. The molecule has 1 aliphatic heterocycles. The van der Waals surface area contributed by atoms with Crippen molar-refractivity contribution in [3.63, 3.8) is 0 Å². The number of aliphatic imine (C=N–C) groups is 1. The van der Waals surface area contributed by atoms with E-state index in [4.69, 9.17) is 10.3 Å². The van der Waals surface area contributed by atoms with E-state index in [2.05, 4.69) is 15.0 Å². The smallest absolute Gasteiger partial charge is 0.287 e. The average Bonchev–Trinajstić information content (AvgIpc) is 2.37. The summed E-state index contributed by atoms with van der Waals surface area (Å²) in [6.45, 7) is 1.63. The third kappa shape index (κ3) is 2.01. The van der Waals surface area contributed by atoms with Gasteiger partial charge in [-0.2, -0.15) is 0 Å². The molecule has 0 aromatic carbocycles. The molecule has 0 aromatic heterocycles. The number of likely N-dealkylation sites (N-methyl/N-ethyl adjacent to an activating group) is 1. The van der Waals surface area contributed by atoms with Crippen LogP contribution in [-0.2, 0) is 4.74 Å². The van der Waals surface area contributed by atoms with Gasteiger partial charge in [-0.15, -0.1) is 0 Å². The van der Waals surface area contributed by atoms with Crippen LogP contribution in [0.2, 0.25) is 0 Å². The van der Waals surface area contributed by atoms with Crippen LogP contribution in [0.1, 0.15) is 0 Å². The van der Waals surface area contributed by atoms with Crippen molar-refractivity contribution in [1.82, 2.24) is 4.90 Å². The fraction of sp³-hybridized carbons (Fsp3) is 0.800. The molecule has 11 heavy (non-hydrogen) atoms. The molecule has 6 heteroatoms. The predicted molar refractivity (Wildman–Crippen MR) is 40.0 cm³/mol. The highest BCUT2D eigenvalue weighted by molar-refractivity contribution is 5.75. The number of hydrogen-bond acceptors (Lipinski definition) is 4. The topological polar surface area (TPSA) is 73.6 Å². The molecule has 0 unspecified atom stereocenters. The van der Waals surface area contributed by atoms with Crippen LogP contribution < -0.4 is 0 Å². The maximum Gasteiger partial charge on any atom is 0.287 e. The molecular formula is C5H9N5O. The van der Waals surface area contributed by atoms with Gasteiger partial charge in [0.05, 0.1) is 6.54 Å². The Balaban J connectivity index is 2.31. The zero-order valence-corrected chi connectivity index (χ0v) is 6.27. The van der Waals surface area contributed by atoms with E-state index in [9.17, 15) is 0 Å². The molecule has 0 spiro atoms. The first-order chi connectivity index (χ1) is 5.34. The number of azide groups is 1. The van der Waals surface area contributed by atoms with Crippen molar-refractivity contribution in [2.75, 3.05) is 26.9 Å². The minimum absolute atomic E-state index is 0.0136. The highest BCUT2D eigenvalue weighted by Gasteiger charge is 2.12. The van der Waals surface area contributed by atoms with Crippen molar-refractivity contribution in [2.45, 2.75) is 0 Å². The molecule has 1 aliphatic rings. The average molecular weight is 155 g/mol. The molecule has 0 N–H and O–H groups in total. The van der Waals surface area contributed by atoms with E-state index in [1.165, 1.54) is 0 Å². The van der Waals surface area contributed by atoms with Gasteiger partial charge < -0.3 is 9.64 Å². The van der Waals surface area contributed by atoms with E-state index >= 15 is 0 Å². The molecule has 60 valence electrons. The molecule has 0 aliphatic carbocycles. The van der Waals surface area contributed by atoms with Gasteiger partial charge in [0.15, 0.2) is 6.73 Å². The molecule has 0 radical (unpaired) electrons. The predicted octanol–water partition coefficient (Wildman–Crippen LogP) is 0.572. The molecule has 1 heterocycles. The Morgan fingerprint density at radius 1 is 1.91 bits per heavy atom. The first-order valence-electron chi connectivity index (χ1n) is 3.24. The minimum Gasteiger partial charge on any atom is -0.459 e. The van der Waals surface area contributed by atoms with Crippen LogP contribution >= 0.6 is 0 Å². The van der Waals surface area contributed by atoms with E-state index < -0.39 is 0 Å². The van der Waals surface area contributed by atoms with Gasteiger partial charge in [-0.1, -0.05) is 5.11 Å². The van der Waals surface area contributed by atoms with Gasteiger partial charge in [0.2, 0.25) is 0 Å². The van der Waals surface area contributed by atoms with Crippen molar-refractivity contribution < 1.29 is 4.74 Å². The normalized spacial score (nSPS) is 15.7. The second-order valence-corrected chi connectivity index (χ2v) is 2.09. The lowest BCUT2D eigenvalue weighted by molar-refractivity contribution is 0.267. The standard InChI is InChI=1S/C5H9N5O/c1-10-3-2-7-5(10)11-4-8-9-6/h2-4H2,1H3. The van der Waals surface area contributed by atoms with Gasteiger partial charge >= 0.3 is 0 Å². The summed E-state index contributed by atoms with van der Waals surface area (Å²) in [5.74, 6) is 0. The highest BCUT2D eigenvalue weighted by Crippen LogP contribution is 1.98. The Morgan fingerprint density at radius 2 is 2.73 bits per heavy atom. The third-order valence-corrected chi connectivity index (χ3v) is 1.32. The van der Waals surface area contributed by atoms with Gasteiger partial charge in [-0.05, 0) is 5.53 Å². The highest BCUT2D eigenvalue weighted by atomic mass is 16.5. The SMILES string of the molecule is CN1CCN=C1OCN=[N+]=[N-]. The number of nitrogens with zero attached hydrogens (tertiary/aromatic N) is 5. The summed E-state index contributed by atoms with van der Waals surface area (Å²) in [6, 6.07) is 0.553. The largest absolute Gasteiger partial charge is 0.459 e. The quantitative estimate of drug-likeness (QED) is 0.332. The van der Waals surface area contributed by atoms with Gasteiger partial charge in [-0.3, -0.25) is 0 Å². The molecule has 0 bridgehead atoms. The lowest BCUT2D eigenvalue weighted by Gasteiger charge is -2.11. The summed E-state index contributed by atoms with van der Waals surface area (Å²) >= 11 is 0. The molecular weight excluding hydrogens is 146 g/mol. The maximum absolute atomic E-state index is 7.93. The lowest BCUT2D eigenvalue weighted by atomic mass is 10.6. The van der Waals surface area contributed by atoms with Crippen LogP contribution in [0.4, 0.5) is 0 Å². The van der Waals surface area contributed by atoms with Crippen molar-refractivity contribution in [1.29, 1.82) is 0 Å². The Bertz CT molecular complexity index is 207.